The smallest absolute Gasteiger partial charge is 0.281 e. The Morgan fingerprint density at radius 2 is 1.62 bits per heavy atom. The van der Waals surface area contributed by atoms with Crippen LogP contribution >= 0.6 is 0 Å². The van der Waals surface area contributed by atoms with E-state index < -0.39 is 6.04 Å². The van der Waals surface area contributed by atoms with Crippen molar-refractivity contribution in [2.45, 2.75) is 46.2 Å². The van der Waals surface area contributed by atoms with Gasteiger partial charge in [-0.1, -0.05) is 55.5 Å². The summed E-state index contributed by atoms with van der Waals surface area (Å²) >= 11 is 0. The first-order chi connectivity index (χ1) is 15.4. The molecule has 0 bridgehead atoms. The summed E-state index contributed by atoms with van der Waals surface area (Å²) in [6.45, 7) is 7.82. The highest BCUT2D eigenvalue weighted by molar-refractivity contribution is 5.89. The molecule has 1 amide bonds. The van der Waals surface area contributed by atoms with E-state index in [-0.39, 0.29) is 17.5 Å². The highest BCUT2D eigenvalue weighted by atomic mass is 16.2. The number of nitrogens with zero attached hydrogens (tertiary/aromatic N) is 3. The van der Waals surface area contributed by atoms with Crippen molar-refractivity contribution >= 4 is 16.7 Å². The zero-order valence-electron chi connectivity index (χ0n) is 18.9. The maximum Gasteiger partial charge on any atom is 0.281 e. The number of aromatic nitrogens is 3. The molecule has 6 nitrogen and oxygen atoms in total. The van der Waals surface area contributed by atoms with Crippen molar-refractivity contribution in [1.29, 1.82) is 0 Å². The fourth-order valence-electron chi connectivity index (χ4n) is 4.42. The molecule has 2 atom stereocenters. The van der Waals surface area contributed by atoms with Gasteiger partial charge in [0.2, 0.25) is 5.91 Å². The van der Waals surface area contributed by atoms with Gasteiger partial charge in [0.1, 0.15) is 6.04 Å². The topological polar surface area (TPSA) is 68.9 Å². The summed E-state index contributed by atoms with van der Waals surface area (Å²) in [6.07, 6.45) is 2.33. The number of carbonyl (C=O) groups is 1. The molecule has 164 valence electrons. The molecule has 0 aliphatic carbocycles. The fourth-order valence-corrected chi connectivity index (χ4v) is 4.42. The van der Waals surface area contributed by atoms with Crippen molar-refractivity contribution in [3.05, 3.63) is 94.2 Å². The molecule has 0 aliphatic heterocycles. The zero-order chi connectivity index (χ0) is 22.8. The lowest BCUT2D eigenvalue weighted by molar-refractivity contribution is -0.125. The molecule has 6 heteroatoms. The van der Waals surface area contributed by atoms with E-state index in [0.717, 1.165) is 22.3 Å². The van der Waals surface area contributed by atoms with Crippen molar-refractivity contribution in [1.82, 2.24) is 19.7 Å². The minimum atomic E-state index is -0.418. The Bertz CT molecular complexity index is 1310. The van der Waals surface area contributed by atoms with Gasteiger partial charge in [0.15, 0.2) is 0 Å². The number of rotatable bonds is 6. The molecule has 1 N–H and O–H groups in total. The third-order valence-electron chi connectivity index (χ3n) is 6.11. The van der Waals surface area contributed by atoms with Crippen LogP contribution in [0.1, 0.15) is 49.3 Å². The number of hydrogen-bond acceptors (Lipinski definition) is 3. The maximum absolute atomic E-state index is 13.3. The normalized spacial score (nSPS) is 13.1. The largest absolute Gasteiger partial charge is 0.348 e. The minimum absolute atomic E-state index is 0.0632. The van der Waals surface area contributed by atoms with E-state index in [1.54, 1.807) is 6.20 Å². The van der Waals surface area contributed by atoms with Gasteiger partial charge in [-0.15, -0.1) is 0 Å². The highest BCUT2D eigenvalue weighted by Crippen LogP contribution is 2.28. The molecule has 0 fully saturated rings. The Hall–Kier alpha value is -3.67. The second-order valence-corrected chi connectivity index (χ2v) is 8.09. The van der Waals surface area contributed by atoms with Gasteiger partial charge in [-0.25, -0.2) is 0 Å². The molecule has 0 saturated heterocycles. The van der Waals surface area contributed by atoms with Gasteiger partial charge in [0, 0.05) is 16.8 Å². The van der Waals surface area contributed by atoms with Crippen LogP contribution in [-0.4, -0.2) is 20.3 Å². The summed E-state index contributed by atoms with van der Waals surface area (Å²) < 4.78 is 3.40. The third kappa shape index (κ3) is 3.73. The average molecular weight is 429 g/mol. The summed E-state index contributed by atoms with van der Waals surface area (Å²) in [7, 11) is 0. The van der Waals surface area contributed by atoms with Crippen molar-refractivity contribution < 1.29 is 4.79 Å². The summed E-state index contributed by atoms with van der Waals surface area (Å²) in [5.41, 5.74) is 3.24. The fraction of sp³-hybridized carbons (Fsp3) is 0.269. The lowest BCUT2D eigenvalue weighted by Gasteiger charge is -2.23. The standard InChI is InChI=1S/C26H28N4O2/c1-5-23(25(31)28-17(2)20-12-8-6-9-13-20)29-18(3)22-16-27-30(21-14-10-7-11-15-21)26(32)24(22)19(29)4/h6-17,23H,5H2,1-4H3,(H,28,31)/t17-,23+/m1/s1. The molecule has 32 heavy (non-hydrogen) atoms. The summed E-state index contributed by atoms with van der Waals surface area (Å²) in [6, 6.07) is 18.7. The van der Waals surface area contributed by atoms with Gasteiger partial charge in [-0.05, 0) is 44.9 Å². The van der Waals surface area contributed by atoms with E-state index >= 15 is 0 Å². The Morgan fingerprint density at radius 1 is 1.00 bits per heavy atom. The van der Waals surface area contributed by atoms with Gasteiger partial charge in [-0.2, -0.15) is 9.78 Å². The number of hydrogen-bond donors (Lipinski definition) is 1. The molecule has 4 aromatic rings. The highest BCUT2D eigenvalue weighted by Gasteiger charge is 2.26. The molecule has 2 aromatic carbocycles. The molecule has 0 aliphatic rings. The second-order valence-electron chi connectivity index (χ2n) is 8.09. The van der Waals surface area contributed by atoms with Crippen LogP contribution in [0.25, 0.3) is 16.5 Å². The summed E-state index contributed by atoms with van der Waals surface area (Å²) in [5, 5.41) is 8.92. The third-order valence-corrected chi connectivity index (χ3v) is 6.11. The number of aryl methyl sites for hydroxylation is 2. The Kier molecular flexibility index (Phi) is 5.95. The van der Waals surface area contributed by atoms with E-state index in [1.165, 1.54) is 4.68 Å². The van der Waals surface area contributed by atoms with Crippen molar-refractivity contribution in [3.8, 4) is 5.69 Å². The average Bonchev–Trinajstić information content (AvgIpc) is 3.06. The van der Waals surface area contributed by atoms with Gasteiger partial charge < -0.3 is 9.88 Å². The molecular formula is C26H28N4O2. The molecule has 0 spiro atoms. The first-order valence-corrected chi connectivity index (χ1v) is 10.9. The monoisotopic (exact) mass is 428 g/mol. The lowest BCUT2D eigenvalue weighted by Crippen LogP contribution is -2.35. The lowest BCUT2D eigenvalue weighted by atomic mass is 10.1. The summed E-state index contributed by atoms with van der Waals surface area (Å²) in [4.78, 5) is 26.6. The number of fused-ring (bicyclic) bond motifs is 1. The molecule has 0 radical (unpaired) electrons. The minimum Gasteiger partial charge on any atom is -0.348 e. The molecule has 0 unspecified atom stereocenters. The Balaban J connectivity index is 1.75. The van der Waals surface area contributed by atoms with E-state index in [4.69, 9.17) is 0 Å². The SMILES string of the molecule is CC[C@@H](C(=O)N[C@H](C)c1ccccc1)n1c(C)c2cnn(-c3ccccc3)c(=O)c2c1C. The second kappa shape index (κ2) is 8.83. The number of para-hydroxylation sites is 1. The van der Waals surface area contributed by atoms with Gasteiger partial charge >= 0.3 is 0 Å². The van der Waals surface area contributed by atoms with Crippen molar-refractivity contribution in [3.63, 3.8) is 0 Å². The predicted molar refractivity (Wildman–Crippen MR) is 127 cm³/mol. The number of benzene rings is 2. The van der Waals surface area contributed by atoms with Crippen LogP contribution in [0.4, 0.5) is 0 Å². The van der Waals surface area contributed by atoms with Gasteiger partial charge in [0.05, 0.1) is 23.3 Å². The molecule has 0 saturated carbocycles. The van der Waals surface area contributed by atoms with E-state index in [1.807, 2.05) is 92.9 Å². The molecular weight excluding hydrogens is 400 g/mol. The number of nitrogens with one attached hydrogen (secondary N) is 1. The van der Waals surface area contributed by atoms with Crippen LogP contribution in [0.15, 0.2) is 71.7 Å². The Labute approximate surface area is 187 Å². The number of amides is 1. The van der Waals surface area contributed by atoms with Crippen LogP contribution in [0.5, 0.6) is 0 Å². The first kappa shape index (κ1) is 21.6. The first-order valence-electron chi connectivity index (χ1n) is 10.9. The van der Waals surface area contributed by atoms with E-state index in [9.17, 15) is 9.59 Å². The van der Waals surface area contributed by atoms with Crippen LogP contribution in [0.3, 0.4) is 0 Å². The van der Waals surface area contributed by atoms with Crippen LogP contribution in [0, 0.1) is 13.8 Å². The van der Waals surface area contributed by atoms with Crippen molar-refractivity contribution in [2.75, 3.05) is 0 Å². The van der Waals surface area contributed by atoms with Gasteiger partial charge in [0.25, 0.3) is 5.56 Å². The van der Waals surface area contributed by atoms with Gasteiger partial charge in [-0.3, -0.25) is 9.59 Å². The van der Waals surface area contributed by atoms with Crippen LogP contribution < -0.4 is 10.9 Å². The molecule has 4 rings (SSSR count). The summed E-state index contributed by atoms with van der Waals surface area (Å²) in [5.74, 6) is -0.0632. The Morgan fingerprint density at radius 3 is 2.25 bits per heavy atom. The quantitative estimate of drug-likeness (QED) is 0.487. The zero-order valence-corrected chi connectivity index (χ0v) is 18.9. The van der Waals surface area contributed by atoms with E-state index in [0.29, 0.717) is 17.5 Å². The van der Waals surface area contributed by atoms with Crippen molar-refractivity contribution in [2.24, 2.45) is 0 Å². The molecule has 2 heterocycles. The maximum atomic E-state index is 13.3. The predicted octanol–water partition coefficient (Wildman–Crippen LogP) is 4.63. The molecule has 2 aromatic heterocycles. The van der Waals surface area contributed by atoms with Crippen LogP contribution in [0.2, 0.25) is 0 Å². The number of carbonyl (C=O) groups excluding carboxylic acids is 1. The van der Waals surface area contributed by atoms with E-state index in [2.05, 4.69) is 10.4 Å². The van der Waals surface area contributed by atoms with Crippen LogP contribution in [-0.2, 0) is 4.79 Å².